The van der Waals surface area contributed by atoms with Crippen molar-refractivity contribution in [3.63, 3.8) is 0 Å². The third-order valence-corrected chi connectivity index (χ3v) is 5.05. The van der Waals surface area contributed by atoms with E-state index in [-0.39, 0.29) is 11.4 Å². The van der Waals surface area contributed by atoms with E-state index in [1.54, 1.807) is 18.9 Å². The summed E-state index contributed by atoms with van der Waals surface area (Å²) >= 11 is 1.73. The highest BCUT2D eigenvalue weighted by molar-refractivity contribution is 7.99. The monoisotopic (exact) mass is 287 g/mol. The fourth-order valence-electron chi connectivity index (χ4n) is 2.40. The highest BCUT2D eigenvalue weighted by Gasteiger charge is 2.28. The zero-order valence-corrected chi connectivity index (χ0v) is 12.6. The Morgan fingerprint density at radius 1 is 1.25 bits per heavy atom. The van der Waals surface area contributed by atoms with Gasteiger partial charge in [-0.3, -0.25) is 4.79 Å². The summed E-state index contributed by atoms with van der Waals surface area (Å²) < 4.78 is 5.30. The number of rotatable bonds is 1. The van der Waals surface area contributed by atoms with Crippen LogP contribution in [0.1, 0.15) is 24.2 Å². The van der Waals surface area contributed by atoms with Crippen LogP contribution < -0.4 is 10.1 Å². The normalized spacial score (nSPS) is 17.2. The van der Waals surface area contributed by atoms with Crippen molar-refractivity contribution in [3.8, 4) is 5.75 Å². The first-order chi connectivity index (χ1) is 9.50. The Kier molecular flexibility index (Phi) is 3.13. The van der Waals surface area contributed by atoms with Gasteiger partial charge < -0.3 is 10.1 Å². The highest BCUT2D eigenvalue weighted by atomic mass is 32.2. The third kappa shape index (κ3) is 2.24. The van der Waals surface area contributed by atoms with E-state index in [2.05, 4.69) is 5.32 Å². The van der Waals surface area contributed by atoms with E-state index in [1.165, 1.54) is 0 Å². The second kappa shape index (κ2) is 4.70. The number of methoxy groups -OCH3 is 1. The molecule has 4 heteroatoms. The molecule has 0 atom stereocenters. The molecular weight excluding hydrogens is 270 g/mol. The number of fused-ring (bicyclic) bond motifs is 3. The van der Waals surface area contributed by atoms with Crippen molar-refractivity contribution in [1.82, 2.24) is 5.32 Å². The number of carbonyl (C=O) groups is 1. The lowest BCUT2D eigenvalue weighted by atomic mass is 10.0. The minimum atomic E-state index is -0.202. The van der Waals surface area contributed by atoms with Crippen LogP contribution >= 0.6 is 11.8 Å². The molecule has 3 rings (SSSR count). The van der Waals surface area contributed by atoms with Gasteiger partial charge in [0.05, 0.1) is 12.7 Å². The molecule has 104 valence electrons. The third-order valence-electron chi connectivity index (χ3n) is 3.45. The molecule has 1 heterocycles. The van der Waals surface area contributed by atoms with E-state index in [9.17, 15) is 4.79 Å². The fourth-order valence-corrected chi connectivity index (χ4v) is 3.62. The molecule has 0 saturated heterocycles. The fraction of sp³-hybridized carbons (Fsp3) is 0.312. The number of benzene rings is 2. The molecule has 1 aliphatic rings. The topological polar surface area (TPSA) is 38.3 Å². The molecule has 1 N–H and O–H groups in total. The highest BCUT2D eigenvalue weighted by Crippen LogP contribution is 2.37. The Bertz CT molecular complexity index is 694. The summed E-state index contributed by atoms with van der Waals surface area (Å²) in [6, 6.07) is 9.88. The van der Waals surface area contributed by atoms with Crippen molar-refractivity contribution in [2.45, 2.75) is 24.3 Å². The van der Waals surface area contributed by atoms with Crippen LogP contribution in [-0.4, -0.2) is 24.3 Å². The van der Waals surface area contributed by atoms with Crippen molar-refractivity contribution in [2.24, 2.45) is 0 Å². The van der Waals surface area contributed by atoms with Crippen LogP contribution in [0.15, 0.2) is 35.2 Å². The molecule has 0 saturated carbocycles. The van der Waals surface area contributed by atoms with Crippen LogP contribution in [0.3, 0.4) is 0 Å². The summed E-state index contributed by atoms with van der Waals surface area (Å²) in [6.45, 7) is 4.10. The maximum atomic E-state index is 12.4. The molecule has 0 aromatic heterocycles. The molecule has 1 aliphatic heterocycles. The summed E-state index contributed by atoms with van der Waals surface area (Å²) in [6.07, 6.45) is 0. The Balaban J connectivity index is 2.22. The lowest BCUT2D eigenvalue weighted by Crippen LogP contribution is -2.44. The molecule has 0 aliphatic carbocycles. The molecular formula is C16H17NO2S. The summed E-state index contributed by atoms with van der Waals surface area (Å²) in [7, 11) is 1.66. The molecule has 0 radical (unpaired) electrons. The average molecular weight is 287 g/mol. The molecule has 3 nitrogen and oxygen atoms in total. The molecule has 20 heavy (non-hydrogen) atoms. The predicted molar refractivity (Wildman–Crippen MR) is 82.8 cm³/mol. The van der Waals surface area contributed by atoms with Gasteiger partial charge in [-0.1, -0.05) is 12.1 Å². The predicted octanol–water partition coefficient (Wildman–Crippen LogP) is 3.46. The number of carbonyl (C=O) groups excluding carboxylic acids is 1. The molecule has 0 bridgehead atoms. The van der Waals surface area contributed by atoms with E-state index in [4.69, 9.17) is 4.74 Å². The molecule has 2 aromatic rings. The van der Waals surface area contributed by atoms with Gasteiger partial charge in [-0.05, 0) is 42.8 Å². The second-order valence-corrected chi connectivity index (χ2v) is 6.64. The lowest BCUT2D eigenvalue weighted by molar-refractivity contribution is 0.0920. The first-order valence-electron chi connectivity index (χ1n) is 6.56. The zero-order valence-electron chi connectivity index (χ0n) is 11.8. The first kappa shape index (κ1) is 13.3. The Labute approximate surface area is 122 Å². The molecule has 0 unspecified atom stereocenters. The van der Waals surface area contributed by atoms with Gasteiger partial charge in [0.2, 0.25) is 0 Å². The Hall–Kier alpha value is -1.68. The van der Waals surface area contributed by atoms with Gasteiger partial charge in [-0.2, -0.15) is 0 Å². The van der Waals surface area contributed by atoms with Gasteiger partial charge in [0.15, 0.2) is 0 Å². The van der Waals surface area contributed by atoms with Gasteiger partial charge in [0.1, 0.15) is 5.75 Å². The maximum absolute atomic E-state index is 12.4. The average Bonchev–Trinajstić information content (AvgIpc) is 2.54. The van der Waals surface area contributed by atoms with Crippen LogP contribution in [0.25, 0.3) is 10.8 Å². The van der Waals surface area contributed by atoms with E-state index >= 15 is 0 Å². The van der Waals surface area contributed by atoms with Crippen LogP contribution in [0.2, 0.25) is 0 Å². The maximum Gasteiger partial charge on any atom is 0.252 e. The van der Waals surface area contributed by atoms with E-state index in [0.717, 1.165) is 32.7 Å². The minimum absolute atomic E-state index is 0.000259. The standard InChI is InChI=1S/C16H17NO2S/c1-16(2)9-20-14-12(15(18)17-16)7-5-10-4-6-11(19-3)8-13(10)14/h4-8H,9H2,1-3H3,(H,17,18). The number of thioether (sulfide) groups is 1. The second-order valence-electron chi connectivity index (χ2n) is 5.66. The number of nitrogens with one attached hydrogen (secondary N) is 1. The van der Waals surface area contributed by atoms with Gasteiger partial charge in [-0.25, -0.2) is 0 Å². The van der Waals surface area contributed by atoms with Crippen molar-refractivity contribution in [1.29, 1.82) is 0 Å². The van der Waals surface area contributed by atoms with E-state index < -0.39 is 0 Å². The van der Waals surface area contributed by atoms with Gasteiger partial charge in [0.25, 0.3) is 5.91 Å². The van der Waals surface area contributed by atoms with Crippen molar-refractivity contribution < 1.29 is 9.53 Å². The lowest BCUT2D eigenvalue weighted by Gasteiger charge is -2.22. The SMILES string of the molecule is COc1ccc2ccc3c(c2c1)SCC(C)(C)NC3=O. The van der Waals surface area contributed by atoms with E-state index in [1.807, 2.05) is 44.2 Å². The number of hydrogen-bond acceptors (Lipinski definition) is 3. The van der Waals surface area contributed by atoms with Gasteiger partial charge in [0, 0.05) is 16.2 Å². The number of hydrogen-bond donors (Lipinski definition) is 1. The first-order valence-corrected chi connectivity index (χ1v) is 7.55. The minimum Gasteiger partial charge on any atom is -0.497 e. The van der Waals surface area contributed by atoms with Gasteiger partial charge >= 0.3 is 0 Å². The summed E-state index contributed by atoms with van der Waals surface area (Å²) in [5.41, 5.74) is 0.549. The largest absolute Gasteiger partial charge is 0.497 e. The molecule has 2 aromatic carbocycles. The smallest absolute Gasteiger partial charge is 0.252 e. The summed E-state index contributed by atoms with van der Waals surface area (Å²) in [4.78, 5) is 13.4. The molecule has 1 amide bonds. The zero-order chi connectivity index (χ0) is 14.3. The Morgan fingerprint density at radius 3 is 2.75 bits per heavy atom. The van der Waals surface area contributed by atoms with Crippen molar-refractivity contribution in [3.05, 3.63) is 35.9 Å². The molecule has 0 spiro atoms. The molecule has 0 fully saturated rings. The van der Waals surface area contributed by atoms with Crippen LogP contribution in [0.5, 0.6) is 5.75 Å². The van der Waals surface area contributed by atoms with Crippen molar-refractivity contribution in [2.75, 3.05) is 12.9 Å². The number of ether oxygens (including phenoxy) is 1. The van der Waals surface area contributed by atoms with E-state index in [0.29, 0.717) is 0 Å². The van der Waals surface area contributed by atoms with Gasteiger partial charge in [-0.15, -0.1) is 11.8 Å². The van der Waals surface area contributed by atoms with Crippen LogP contribution in [-0.2, 0) is 0 Å². The Morgan fingerprint density at radius 2 is 2.00 bits per heavy atom. The number of amides is 1. The summed E-state index contributed by atoms with van der Waals surface area (Å²) in [5.74, 6) is 1.66. The summed E-state index contributed by atoms with van der Waals surface area (Å²) in [5, 5.41) is 5.29. The van der Waals surface area contributed by atoms with Crippen molar-refractivity contribution >= 4 is 28.4 Å². The van der Waals surface area contributed by atoms with Crippen LogP contribution in [0, 0.1) is 0 Å². The quantitative estimate of drug-likeness (QED) is 0.873. The van der Waals surface area contributed by atoms with Crippen LogP contribution in [0.4, 0.5) is 0 Å².